The van der Waals surface area contributed by atoms with Crippen LogP contribution in [0.25, 0.3) is 32.6 Å². The highest BCUT2D eigenvalue weighted by molar-refractivity contribution is 7.17. The van der Waals surface area contributed by atoms with E-state index in [1.165, 1.54) is 0 Å². The van der Waals surface area contributed by atoms with E-state index in [-0.39, 0.29) is 0 Å². The number of aromatic amines is 1. The maximum absolute atomic E-state index is 4.59. The molecular weight excluding hydrogens is 382 g/mol. The van der Waals surface area contributed by atoms with Gasteiger partial charge in [0.25, 0.3) is 0 Å². The van der Waals surface area contributed by atoms with Crippen molar-refractivity contribution in [3.63, 3.8) is 0 Å². The number of nitrogens with one attached hydrogen (secondary N) is 1. The molecule has 1 aromatic carbocycles. The molecule has 2 unspecified atom stereocenters. The lowest BCUT2D eigenvalue weighted by molar-refractivity contribution is 0.356. The first kappa shape index (κ1) is 17.1. The van der Waals surface area contributed by atoms with Gasteiger partial charge in [-0.05, 0) is 38.1 Å². The van der Waals surface area contributed by atoms with Gasteiger partial charge in [0.2, 0.25) is 0 Å². The van der Waals surface area contributed by atoms with Crippen LogP contribution in [0.15, 0.2) is 42.2 Å². The second kappa shape index (κ2) is 6.33. The lowest BCUT2D eigenvalue weighted by Gasteiger charge is -2.22. The maximum Gasteiger partial charge on any atom is 0.151 e. The molecule has 2 atom stereocenters. The summed E-state index contributed by atoms with van der Waals surface area (Å²) in [4.78, 5) is 9.32. The van der Waals surface area contributed by atoms with Crippen molar-refractivity contribution in [3.05, 3.63) is 42.2 Å². The molecule has 1 aliphatic carbocycles. The predicted octanol–water partition coefficient (Wildman–Crippen LogP) is 3.14. The molecule has 146 valence electrons. The fourth-order valence-electron chi connectivity index (χ4n) is 4.87. The lowest BCUT2D eigenvalue weighted by atomic mass is 10.0. The van der Waals surface area contributed by atoms with Crippen molar-refractivity contribution in [3.8, 4) is 22.4 Å². The minimum atomic E-state index is 0.742. The Morgan fingerprint density at radius 3 is 2.59 bits per heavy atom. The number of aromatic nitrogens is 5. The predicted molar refractivity (Wildman–Crippen MR) is 115 cm³/mol. The van der Waals surface area contributed by atoms with Gasteiger partial charge in [0.15, 0.2) is 5.82 Å². The minimum Gasteiger partial charge on any atom is -0.354 e. The summed E-state index contributed by atoms with van der Waals surface area (Å²) >= 11 is 1.63. The van der Waals surface area contributed by atoms with E-state index in [0.29, 0.717) is 0 Å². The third-order valence-corrected chi connectivity index (χ3v) is 7.15. The van der Waals surface area contributed by atoms with Gasteiger partial charge in [0.05, 0.1) is 27.6 Å². The summed E-state index contributed by atoms with van der Waals surface area (Å²) in [6.45, 7) is 2.17. The molecule has 29 heavy (non-hydrogen) atoms. The molecule has 2 fully saturated rings. The van der Waals surface area contributed by atoms with E-state index in [0.717, 1.165) is 69.4 Å². The van der Waals surface area contributed by atoms with Gasteiger partial charge in [0, 0.05) is 42.0 Å². The Morgan fingerprint density at radius 1 is 1.07 bits per heavy atom. The number of rotatable bonds is 4. The van der Waals surface area contributed by atoms with E-state index < -0.39 is 0 Å². The normalized spacial score (nSPS) is 23.1. The van der Waals surface area contributed by atoms with Gasteiger partial charge in [-0.3, -0.25) is 5.10 Å². The van der Waals surface area contributed by atoms with Crippen LogP contribution in [0.1, 0.15) is 0 Å². The molecule has 4 heterocycles. The van der Waals surface area contributed by atoms with Gasteiger partial charge in [-0.2, -0.15) is 5.10 Å². The molecule has 8 heteroatoms. The van der Waals surface area contributed by atoms with E-state index in [1.807, 2.05) is 17.9 Å². The summed E-state index contributed by atoms with van der Waals surface area (Å²) in [6, 6.07) is 9.13. The van der Waals surface area contributed by atoms with Crippen molar-refractivity contribution < 1.29 is 0 Å². The number of nitrogens with zero attached hydrogens (tertiary/aromatic N) is 6. The van der Waals surface area contributed by atoms with E-state index in [4.69, 9.17) is 0 Å². The van der Waals surface area contributed by atoms with E-state index in [2.05, 4.69) is 73.5 Å². The molecule has 4 aromatic rings. The van der Waals surface area contributed by atoms with Crippen LogP contribution < -0.4 is 4.90 Å². The van der Waals surface area contributed by atoms with Gasteiger partial charge in [-0.1, -0.05) is 12.1 Å². The van der Waals surface area contributed by atoms with Crippen LogP contribution in [0.5, 0.6) is 0 Å². The van der Waals surface area contributed by atoms with Gasteiger partial charge in [-0.25, -0.2) is 4.98 Å². The first-order chi connectivity index (χ1) is 14.2. The summed E-state index contributed by atoms with van der Waals surface area (Å²) in [5.74, 6) is 2.53. The van der Waals surface area contributed by atoms with Crippen LogP contribution in [-0.4, -0.2) is 63.5 Å². The zero-order chi connectivity index (χ0) is 19.5. The molecule has 1 aliphatic heterocycles. The van der Waals surface area contributed by atoms with Crippen LogP contribution >= 0.6 is 11.3 Å². The van der Waals surface area contributed by atoms with Crippen LogP contribution in [0.4, 0.5) is 5.82 Å². The van der Waals surface area contributed by atoms with Crippen molar-refractivity contribution in [1.82, 2.24) is 30.3 Å². The lowest BCUT2D eigenvalue weighted by Crippen LogP contribution is -2.31. The van der Waals surface area contributed by atoms with Crippen molar-refractivity contribution in [2.75, 3.05) is 32.1 Å². The quantitative estimate of drug-likeness (QED) is 0.564. The van der Waals surface area contributed by atoms with Crippen LogP contribution in [0, 0.1) is 11.8 Å². The SMILES string of the molecule is CN(C)C1C2CN(c3ccc(-c4ccc(-c5cn[nH]c5)c5ncsc45)nn3)CC21. The first-order valence-electron chi connectivity index (χ1n) is 9.81. The summed E-state index contributed by atoms with van der Waals surface area (Å²) in [6.07, 6.45) is 3.72. The van der Waals surface area contributed by atoms with E-state index in [1.54, 1.807) is 11.3 Å². The second-order valence-electron chi connectivity index (χ2n) is 8.14. The fraction of sp³-hybridized carbons (Fsp3) is 0.333. The number of hydrogen-bond acceptors (Lipinski definition) is 7. The van der Waals surface area contributed by atoms with E-state index >= 15 is 0 Å². The highest BCUT2D eigenvalue weighted by atomic mass is 32.1. The molecule has 2 aliphatic rings. The Morgan fingerprint density at radius 2 is 1.90 bits per heavy atom. The van der Waals surface area contributed by atoms with Crippen LogP contribution in [-0.2, 0) is 0 Å². The summed E-state index contributed by atoms with van der Waals surface area (Å²) in [5, 5.41) is 16.1. The van der Waals surface area contributed by atoms with Crippen LogP contribution in [0.2, 0.25) is 0 Å². The van der Waals surface area contributed by atoms with Crippen LogP contribution in [0.3, 0.4) is 0 Å². The molecule has 7 nitrogen and oxygen atoms in total. The van der Waals surface area contributed by atoms with E-state index in [9.17, 15) is 0 Å². The zero-order valence-electron chi connectivity index (χ0n) is 16.3. The molecule has 0 amide bonds. The Bertz CT molecular complexity index is 1150. The minimum absolute atomic E-state index is 0.742. The van der Waals surface area contributed by atoms with Gasteiger partial charge < -0.3 is 9.80 Å². The molecule has 1 saturated carbocycles. The average Bonchev–Trinajstić information content (AvgIpc) is 3.26. The third-order valence-electron chi connectivity index (χ3n) is 6.29. The number of H-pyrrole nitrogens is 1. The first-order valence-corrected chi connectivity index (χ1v) is 10.7. The molecule has 3 aromatic heterocycles. The monoisotopic (exact) mass is 403 g/mol. The molecule has 1 saturated heterocycles. The molecule has 1 N–H and O–H groups in total. The Balaban J connectivity index is 1.28. The van der Waals surface area contributed by atoms with Gasteiger partial charge in [-0.15, -0.1) is 21.5 Å². The number of fused-ring (bicyclic) bond motifs is 2. The molecule has 0 bridgehead atoms. The Hall–Kier alpha value is -2.84. The zero-order valence-corrected chi connectivity index (χ0v) is 17.1. The molecular formula is C21H21N7S. The Kier molecular flexibility index (Phi) is 3.72. The number of piperidine rings is 1. The second-order valence-corrected chi connectivity index (χ2v) is 9.00. The summed E-state index contributed by atoms with van der Waals surface area (Å²) in [5.41, 5.74) is 6.95. The maximum atomic E-state index is 4.59. The number of anilines is 1. The van der Waals surface area contributed by atoms with Gasteiger partial charge >= 0.3 is 0 Å². The topological polar surface area (TPSA) is 73.8 Å². The molecule has 0 radical (unpaired) electrons. The largest absolute Gasteiger partial charge is 0.354 e. The smallest absolute Gasteiger partial charge is 0.151 e. The van der Waals surface area contributed by atoms with Crippen molar-refractivity contribution in [2.45, 2.75) is 6.04 Å². The molecule has 0 spiro atoms. The third kappa shape index (κ3) is 2.67. The molecule has 6 rings (SSSR count). The van der Waals surface area contributed by atoms with Crippen molar-refractivity contribution >= 4 is 27.4 Å². The van der Waals surface area contributed by atoms with Gasteiger partial charge in [0.1, 0.15) is 0 Å². The summed E-state index contributed by atoms with van der Waals surface area (Å²) in [7, 11) is 4.36. The number of thiazole rings is 1. The highest BCUT2D eigenvalue weighted by Gasteiger charge is 2.57. The number of hydrogen-bond donors (Lipinski definition) is 1. The highest BCUT2D eigenvalue weighted by Crippen LogP contribution is 2.48. The number of benzene rings is 1. The van der Waals surface area contributed by atoms with Crippen molar-refractivity contribution in [2.24, 2.45) is 11.8 Å². The Labute approximate surface area is 172 Å². The van der Waals surface area contributed by atoms with Crippen molar-refractivity contribution in [1.29, 1.82) is 0 Å². The standard InChI is InChI=1S/C21H21N7S/c1-27(2)20-15-9-28(10-16(15)20)18-6-5-17(25-26-18)14-4-3-13(12-7-23-24-8-12)19-21(14)29-11-22-19/h3-8,11,15-16,20H,9-10H2,1-2H3,(H,23,24). The summed E-state index contributed by atoms with van der Waals surface area (Å²) < 4.78 is 1.13. The average molecular weight is 404 g/mol. The fourth-order valence-corrected chi connectivity index (χ4v) is 5.71.